The van der Waals surface area contributed by atoms with Crippen LogP contribution in [0.4, 0.5) is 0 Å². The number of hydrogen-bond acceptors (Lipinski definition) is 3. The number of nitrogens with two attached hydrogens (primary N) is 1. The molecular weight excluding hydrogens is 224 g/mol. The second-order valence-corrected chi connectivity index (χ2v) is 5.66. The number of rotatable bonds is 3. The van der Waals surface area contributed by atoms with Gasteiger partial charge >= 0.3 is 0 Å². The lowest BCUT2D eigenvalue weighted by Crippen LogP contribution is -2.27. The highest BCUT2D eigenvalue weighted by atomic mass is 16.5. The molecule has 0 aliphatic carbocycles. The molecule has 3 nitrogen and oxygen atoms in total. The van der Waals surface area contributed by atoms with Crippen molar-refractivity contribution < 1.29 is 4.74 Å². The highest BCUT2D eigenvalue weighted by Gasteiger charge is 2.28. The van der Waals surface area contributed by atoms with Crippen molar-refractivity contribution in [3.8, 4) is 5.75 Å². The van der Waals surface area contributed by atoms with Crippen molar-refractivity contribution in [3.63, 3.8) is 0 Å². The van der Waals surface area contributed by atoms with Gasteiger partial charge in [0.05, 0.1) is 6.61 Å². The van der Waals surface area contributed by atoms with E-state index >= 15 is 0 Å². The smallest absolute Gasteiger partial charge is 0.122 e. The Morgan fingerprint density at radius 3 is 3.11 bits per heavy atom. The quantitative estimate of drug-likeness (QED) is 0.883. The molecule has 2 aliphatic heterocycles. The van der Waals surface area contributed by atoms with Crippen molar-refractivity contribution >= 4 is 0 Å². The van der Waals surface area contributed by atoms with Crippen molar-refractivity contribution in [1.82, 2.24) is 4.90 Å². The van der Waals surface area contributed by atoms with Gasteiger partial charge in [-0.2, -0.15) is 0 Å². The summed E-state index contributed by atoms with van der Waals surface area (Å²) in [5.74, 6) is 1.76. The summed E-state index contributed by atoms with van der Waals surface area (Å²) in [7, 11) is 0. The molecule has 2 aliphatic rings. The molecular formula is C15H22N2O. The molecule has 0 aromatic heterocycles. The molecule has 0 radical (unpaired) electrons. The van der Waals surface area contributed by atoms with Crippen LogP contribution < -0.4 is 10.5 Å². The molecule has 98 valence electrons. The van der Waals surface area contributed by atoms with Gasteiger partial charge in [0, 0.05) is 25.6 Å². The Morgan fingerprint density at radius 1 is 1.44 bits per heavy atom. The maximum absolute atomic E-state index is 5.78. The molecule has 0 saturated carbocycles. The number of ether oxygens (including phenoxy) is 1. The predicted octanol–water partition coefficient (Wildman–Crippen LogP) is 1.79. The van der Waals surface area contributed by atoms with E-state index in [0.717, 1.165) is 38.4 Å². The Hall–Kier alpha value is -1.06. The van der Waals surface area contributed by atoms with Crippen LogP contribution in [0.25, 0.3) is 0 Å². The maximum Gasteiger partial charge on any atom is 0.122 e. The molecule has 18 heavy (non-hydrogen) atoms. The summed E-state index contributed by atoms with van der Waals surface area (Å²) in [5, 5.41) is 0. The Balaban J connectivity index is 1.69. The number of likely N-dealkylation sites (tertiary alicyclic amines) is 1. The van der Waals surface area contributed by atoms with Crippen molar-refractivity contribution in [2.75, 3.05) is 19.7 Å². The molecule has 3 heteroatoms. The molecule has 3 rings (SSSR count). The molecule has 1 saturated heterocycles. The highest BCUT2D eigenvalue weighted by molar-refractivity contribution is 5.39. The van der Waals surface area contributed by atoms with E-state index in [0.29, 0.717) is 12.0 Å². The van der Waals surface area contributed by atoms with Crippen LogP contribution in [0.5, 0.6) is 5.75 Å². The Kier molecular flexibility index (Phi) is 3.27. The normalized spacial score (nSPS) is 27.2. The van der Waals surface area contributed by atoms with Crippen molar-refractivity contribution in [3.05, 3.63) is 29.3 Å². The van der Waals surface area contributed by atoms with E-state index in [9.17, 15) is 0 Å². The Morgan fingerprint density at radius 2 is 2.33 bits per heavy atom. The SMILES string of the molecule is CC1CC(CN)CN1Cc1ccc2c(c1)CCO2. The fraction of sp³-hybridized carbons (Fsp3) is 0.600. The lowest BCUT2D eigenvalue weighted by atomic mass is 10.1. The zero-order valence-electron chi connectivity index (χ0n) is 11.1. The second-order valence-electron chi connectivity index (χ2n) is 5.66. The van der Waals surface area contributed by atoms with E-state index in [2.05, 4.69) is 30.0 Å². The van der Waals surface area contributed by atoms with E-state index in [-0.39, 0.29) is 0 Å². The van der Waals surface area contributed by atoms with E-state index in [1.165, 1.54) is 17.5 Å². The number of benzene rings is 1. The van der Waals surface area contributed by atoms with E-state index in [1.54, 1.807) is 0 Å². The van der Waals surface area contributed by atoms with Gasteiger partial charge in [0.15, 0.2) is 0 Å². The van der Waals surface area contributed by atoms with Gasteiger partial charge in [-0.05, 0) is 43.0 Å². The zero-order chi connectivity index (χ0) is 12.5. The topological polar surface area (TPSA) is 38.5 Å². The largest absolute Gasteiger partial charge is 0.493 e. The number of fused-ring (bicyclic) bond motifs is 1. The number of nitrogens with zero attached hydrogens (tertiary/aromatic N) is 1. The summed E-state index contributed by atoms with van der Waals surface area (Å²) in [5.41, 5.74) is 8.56. The average molecular weight is 246 g/mol. The van der Waals surface area contributed by atoms with Gasteiger partial charge < -0.3 is 10.5 Å². The van der Waals surface area contributed by atoms with Gasteiger partial charge in [-0.25, -0.2) is 0 Å². The Labute approximate surface area is 109 Å². The first-order valence-electron chi connectivity index (χ1n) is 6.95. The zero-order valence-corrected chi connectivity index (χ0v) is 11.1. The molecule has 1 aromatic rings. The molecule has 1 fully saturated rings. The van der Waals surface area contributed by atoms with Gasteiger partial charge in [0.2, 0.25) is 0 Å². The minimum absolute atomic E-state index is 0.656. The predicted molar refractivity (Wildman–Crippen MR) is 72.7 cm³/mol. The minimum Gasteiger partial charge on any atom is -0.493 e. The first-order chi connectivity index (χ1) is 8.76. The molecule has 0 spiro atoms. The minimum atomic E-state index is 0.656. The van der Waals surface area contributed by atoms with Crippen LogP contribution >= 0.6 is 0 Å². The summed E-state index contributed by atoms with van der Waals surface area (Å²) < 4.78 is 5.55. The second kappa shape index (κ2) is 4.90. The molecule has 0 amide bonds. The van der Waals surface area contributed by atoms with Gasteiger partial charge in [-0.1, -0.05) is 12.1 Å². The number of hydrogen-bond donors (Lipinski definition) is 1. The average Bonchev–Trinajstić information content (AvgIpc) is 2.96. The summed E-state index contributed by atoms with van der Waals surface area (Å²) in [6.07, 6.45) is 2.30. The molecule has 0 bridgehead atoms. The summed E-state index contributed by atoms with van der Waals surface area (Å²) in [4.78, 5) is 2.55. The highest BCUT2D eigenvalue weighted by Crippen LogP contribution is 2.28. The van der Waals surface area contributed by atoms with E-state index in [1.807, 2.05) is 0 Å². The van der Waals surface area contributed by atoms with E-state index < -0.39 is 0 Å². The molecule has 2 N–H and O–H groups in total. The van der Waals surface area contributed by atoms with Crippen LogP contribution in [-0.4, -0.2) is 30.6 Å². The third kappa shape index (κ3) is 2.25. The molecule has 2 unspecified atom stereocenters. The van der Waals surface area contributed by atoms with Crippen LogP contribution in [0, 0.1) is 5.92 Å². The molecule has 2 atom stereocenters. The van der Waals surface area contributed by atoms with Crippen LogP contribution in [0.15, 0.2) is 18.2 Å². The summed E-state index contributed by atoms with van der Waals surface area (Å²) in [6, 6.07) is 7.29. The van der Waals surface area contributed by atoms with Crippen LogP contribution in [0.3, 0.4) is 0 Å². The van der Waals surface area contributed by atoms with E-state index in [4.69, 9.17) is 10.5 Å². The first-order valence-corrected chi connectivity index (χ1v) is 6.95. The molecule has 1 aromatic carbocycles. The Bertz CT molecular complexity index is 433. The monoisotopic (exact) mass is 246 g/mol. The lowest BCUT2D eigenvalue weighted by Gasteiger charge is -2.21. The van der Waals surface area contributed by atoms with Crippen molar-refractivity contribution in [1.29, 1.82) is 0 Å². The molecule has 2 heterocycles. The van der Waals surface area contributed by atoms with Gasteiger partial charge in [-0.3, -0.25) is 4.90 Å². The van der Waals surface area contributed by atoms with Gasteiger partial charge in [0.25, 0.3) is 0 Å². The summed E-state index contributed by atoms with van der Waals surface area (Å²) >= 11 is 0. The van der Waals surface area contributed by atoms with Gasteiger partial charge in [-0.15, -0.1) is 0 Å². The van der Waals surface area contributed by atoms with Crippen molar-refractivity contribution in [2.24, 2.45) is 11.7 Å². The van der Waals surface area contributed by atoms with Crippen LogP contribution in [-0.2, 0) is 13.0 Å². The summed E-state index contributed by atoms with van der Waals surface area (Å²) in [6.45, 7) is 6.16. The van der Waals surface area contributed by atoms with Gasteiger partial charge in [0.1, 0.15) is 5.75 Å². The standard InChI is InChI=1S/C15H22N2O/c1-11-6-13(8-16)10-17(11)9-12-2-3-15-14(7-12)4-5-18-15/h2-3,7,11,13H,4-6,8-10,16H2,1H3. The lowest BCUT2D eigenvalue weighted by molar-refractivity contribution is 0.256. The van der Waals surface area contributed by atoms with Crippen molar-refractivity contribution in [2.45, 2.75) is 32.4 Å². The first kappa shape index (κ1) is 12.0. The maximum atomic E-state index is 5.78. The van der Waals surface area contributed by atoms with Crippen LogP contribution in [0.2, 0.25) is 0 Å². The fourth-order valence-corrected chi connectivity index (χ4v) is 3.18. The third-order valence-corrected chi connectivity index (χ3v) is 4.26. The van der Waals surface area contributed by atoms with Crippen LogP contribution in [0.1, 0.15) is 24.5 Å². The third-order valence-electron chi connectivity index (χ3n) is 4.26. The fourth-order valence-electron chi connectivity index (χ4n) is 3.18.